The highest BCUT2D eigenvalue weighted by Crippen LogP contribution is 2.13. The van der Waals surface area contributed by atoms with Gasteiger partial charge in [0, 0.05) is 19.1 Å². The predicted molar refractivity (Wildman–Crippen MR) is 73.1 cm³/mol. The molecule has 0 aromatic rings. The highest BCUT2D eigenvalue weighted by Gasteiger charge is 2.19. The predicted octanol–water partition coefficient (Wildman–Crippen LogP) is 1.60. The van der Waals surface area contributed by atoms with Crippen LogP contribution in [0.1, 0.15) is 26.7 Å². The molecule has 1 heterocycles. The van der Waals surface area contributed by atoms with Crippen LogP contribution in [0.3, 0.4) is 0 Å². The van der Waals surface area contributed by atoms with Crippen molar-refractivity contribution >= 4 is 0 Å². The zero-order chi connectivity index (χ0) is 12.6. The minimum Gasteiger partial charge on any atom is -0.308 e. The molecule has 0 spiro atoms. The van der Waals surface area contributed by atoms with E-state index in [2.05, 4.69) is 42.9 Å². The summed E-state index contributed by atoms with van der Waals surface area (Å²) in [5, 5.41) is 0. The molecule has 0 radical (unpaired) electrons. The van der Waals surface area contributed by atoms with Crippen molar-refractivity contribution in [3.8, 4) is 0 Å². The first kappa shape index (κ1) is 15.9. The van der Waals surface area contributed by atoms with Crippen molar-refractivity contribution in [1.29, 1.82) is 0 Å². The van der Waals surface area contributed by atoms with Crippen LogP contribution in [0.5, 0.6) is 0 Å². The zero-order valence-electron chi connectivity index (χ0n) is 12.2. The maximum atomic E-state index is 2.52. The summed E-state index contributed by atoms with van der Waals surface area (Å²) in [4.78, 5) is 7.20. The number of rotatable bonds is 4. The van der Waals surface area contributed by atoms with Gasteiger partial charge in [0.25, 0.3) is 0 Å². The van der Waals surface area contributed by atoms with Crippen molar-refractivity contribution < 1.29 is 0 Å². The van der Waals surface area contributed by atoms with Crippen LogP contribution in [-0.2, 0) is 0 Å². The van der Waals surface area contributed by atoms with E-state index in [1.165, 1.54) is 39.0 Å². The van der Waals surface area contributed by atoms with Gasteiger partial charge < -0.3 is 14.7 Å². The van der Waals surface area contributed by atoms with Gasteiger partial charge in [-0.15, -0.1) is 0 Å². The molecule has 0 atom stereocenters. The fourth-order valence-corrected chi connectivity index (χ4v) is 1.98. The molecule has 1 aliphatic heterocycles. The Labute approximate surface area is 102 Å². The highest BCUT2D eigenvalue weighted by atomic mass is 15.2. The van der Waals surface area contributed by atoms with Crippen LogP contribution in [0.4, 0.5) is 0 Å². The van der Waals surface area contributed by atoms with Gasteiger partial charge in [-0.3, -0.25) is 0 Å². The quantitative estimate of drug-likeness (QED) is 0.725. The molecule has 3 nitrogen and oxygen atoms in total. The Hall–Kier alpha value is -0.120. The van der Waals surface area contributed by atoms with Crippen molar-refractivity contribution in [2.75, 3.05) is 54.4 Å². The third kappa shape index (κ3) is 6.46. The fourth-order valence-electron chi connectivity index (χ4n) is 1.98. The molecule has 1 aliphatic rings. The van der Waals surface area contributed by atoms with Crippen molar-refractivity contribution in [2.24, 2.45) is 0 Å². The maximum absolute atomic E-state index is 2.52. The summed E-state index contributed by atoms with van der Waals surface area (Å²) in [7, 11) is 8.76. The summed E-state index contributed by atoms with van der Waals surface area (Å²) >= 11 is 0. The number of hydrogen-bond acceptors (Lipinski definition) is 3. The van der Waals surface area contributed by atoms with E-state index < -0.39 is 0 Å². The maximum Gasteiger partial charge on any atom is 0.0117 e. The number of hydrogen-bond donors (Lipinski definition) is 0. The van der Waals surface area contributed by atoms with E-state index >= 15 is 0 Å². The average Bonchev–Trinajstić information content (AvgIpc) is 2.29. The van der Waals surface area contributed by atoms with Crippen LogP contribution in [0, 0.1) is 0 Å². The number of likely N-dealkylation sites (N-methyl/N-ethyl adjacent to an activating group) is 2. The van der Waals surface area contributed by atoms with E-state index in [1.54, 1.807) is 0 Å². The van der Waals surface area contributed by atoms with Crippen molar-refractivity contribution in [3.05, 3.63) is 0 Å². The lowest BCUT2D eigenvalue weighted by Crippen LogP contribution is -2.43. The standard InChI is InChI=1S/C11H25N3.C2H6/c1-12(2)9-10-14(4)11-5-7-13(3)8-6-11;1-2/h11H,5-10H2,1-4H3;1-2H3. The lowest BCUT2D eigenvalue weighted by molar-refractivity contribution is 0.137. The van der Waals surface area contributed by atoms with Gasteiger partial charge in [0.05, 0.1) is 0 Å². The third-order valence-corrected chi connectivity index (χ3v) is 3.21. The normalized spacial score (nSPS) is 18.8. The first-order chi connectivity index (χ1) is 7.59. The van der Waals surface area contributed by atoms with Crippen LogP contribution in [0.2, 0.25) is 0 Å². The van der Waals surface area contributed by atoms with Gasteiger partial charge in [0.1, 0.15) is 0 Å². The second-order valence-corrected chi connectivity index (χ2v) is 4.82. The Bertz CT molecular complexity index is 151. The molecule has 0 saturated carbocycles. The summed E-state index contributed by atoms with van der Waals surface area (Å²) in [6, 6.07) is 0.811. The summed E-state index contributed by atoms with van der Waals surface area (Å²) in [6.45, 7) is 8.89. The second kappa shape index (κ2) is 8.97. The van der Waals surface area contributed by atoms with E-state index in [4.69, 9.17) is 0 Å². The minimum absolute atomic E-state index is 0.811. The summed E-state index contributed by atoms with van der Waals surface area (Å²) in [6.07, 6.45) is 2.67. The van der Waals surface area contributed by atoms with E-state index in [0.29, 0.717) is 0 Å². The summed E-state index contributed by atoms with van der Waals surface area (Å²) in [5.41, 5.74) is 0. The van der Waals surface area contributed by atoms with Crippen LogP contribution in [0.25, 0.3) is 0 Å². The van der Waals surface area contributed by atoms with Gasteiger partial charge in [0.15, 0.2) is 0 Å². The van der Waals surface area contributed by atoms with Gasteiger partial charge in [-0.1, -0.05) is 13.8 Å². The molecule has 1 fully saturated rings. The molecule has 0 N–H and O–H groups in total. The molecule has 1 rings (SSSR count). The fraction of sp³-hybridized carbons (Fsp3) is 1.00. The zero-order valence-corrected chi connectivity index (χ0v) is 12.2. The van der Waals surface area contributed by atoms with Crippen LogP contribution >= 0.6 is 0 Å². The van der Waals surface area contributed by atoms with Crippen LogP contribution < -0.4 is 0 Å². The number of nitrogens with zero attached hydrogens (tertiary/aromatic N) is 3. The number of likely N-dealkylation sites (tertiary alicyclic amines) is 1. The van der Waals surface area contributed by atoms with Crippen LogP contribution in [-0.4, -0.2) is 75.1 Å². The number of piperidine rings is 1. The molecule has 0 aromatic heterocycles. The molecule has 1 saturated heterocycles. The van der Waals surface area contributed by atoms with E-state index in [9.17, 15) is 0 Å². The second-order valence-electron chi connectivity index (χ2n) is 4.82. The molecule has 0 amide bonds. The van der Waals surface area contributed by atoms with Gasteiger partial charge in [-0.05, 0) is 54.1 Å². The third-order valence-electron chi connectivity index (χ3n) is 3.21. The van der Waals surface area contributed by atoms with Gasteiger partial charge in [-0.25, -0.2) is 0 Å². The molecular weight excluding hydrogens is 198 g/mol. The van der Waals surface area contributed by atoms with Crippen molar-refractivity contribution in [3.63, 3.8) is 0 Å². The van der Waals surface area contributed by atoms with Gasteiger partial charge in [0.2, 0.25) is 0 Å². The first-order valence-electron chi connectivity index (χ1n) is 6.63. The lowest BCUT2D eigenvalue weighted by atomic mass is 10.0. The van der Waals surface area contributed by atoms with Gasteiger partial charge in [-0.2, -0.15) is 0 Å². The van der Waals surface area contributed by atoms with E-state index in [1.807, 2.05) is 13.8 Å². The Balaban J connectivity index is 0.00000106. The molecule has 16 heavy (non-hydrogen) atoms. The summed E-state index contributed by atoms with van der Waals surface area (Å²) < 4.78 is 0. The van der Waals surface area contributed by atoms with Crippen molar-refractivity contribution in [2.45, 2.75) is 32.7 Å². The van der Waals surface area contributed by atoms with Crippen molar-refractivity contribution in [1.82, 2.24) is 14.7 Å². The monoisotopic (exact) mass is 229 g/mol. The largest absolute Gasteiger partial charge is 0.308 e. The average molecular weight is 229 g/mol. The molecule has 0 aliphatic carbocycles. The Morgan fingerprint density at radius 3 is 1.94 bits per heavy atom. The summed E-state index contributed by atoms with van der Waals surface area (Å²) in [5.74, 6) is 0. The lowest BCUT2D eigenvalue weighted by Gasteiger charge is -2.35. The molecular formula is C13H31N3. The van der Waals surface area contributed by atoms with Crippen LogP contribution in [0.15, 0.2) is 0 Å². The molecule has 0 bridgehead atoms. The minimum atomic E-state index is 0.811. The molecule has 0 unspecified atom stereocenters. The van der Waals surface area contributed by atoms with Gasteiger partial charge >= 0.3 is 0 Å². The Kier molecular flexibility index (Phi) is 8.90. The first-order valence-corrected chi connectivity index (χ1v) is 6.63. The van der Waals surface area contributed by atoms with E-state index in [0.717, 1.165) is 6.04 Å². The topological polar surface area (TPSA) is 9.72 Å². The highest BCUT2D eigenvalue weighted by molar-refractivity contribution is 4.76. The Morgan fingerprint density at radius 2 is 1.50 bits per heavy atom. The molecule has 98 valence electrons. The van der Waals surface area contributed by atoms with E-state index in [-0.39, 0.29) is 0 Å². The molecule has 0 aromatic carbocycles. The SMILES string of the molecule is CC.CN(C)CCN(C)C1CCN(C)CC1. The molecule has 3 heteroatoms. The smallest absolute Gasteiger partial charge is 0.0117 e. The Morgan fingerprint density at radius 1 is 1.00 bits per heavy atom.